The molecule has 0 fully saturated rings. The van der Waals surface area contributed by atoms with E-state index in [0.29, 0.717) is 12.8 Å². The zero-order valence-electron chi connectivity index (χ0n) is 17.3. The van der Waals surface area contributed by atoms with Crippen LogP contribution in [0.4, 0.5) is 4.79 Å². The number of amides is 2. The molecule has 0 aromatic rings. The van der Waals surface area contributed by atoms with Crippen molar-refractivity contribution in [1.82, 2.24) is 10.6 Å². The van der Waals surface area contributed by atoms with Crippen LogP contribution in [0.3, 0.4) is 0 Å². The van der Waals surface area contributed by atoms with E-state index in [1.807, 2.05) is 12.5 Å². The Bertz CT molecular complexity index is 469. The SMILES string of the molecule is COC(=O)C[C@H](CCSC)NC(=O)C[C@H](CCSC)NC(=O)OC(C)(C)C. The van der Waals surface area contributed by atoms with Crippen molar-refractivity contribution in [3.05, 3.63) is 0 Å². The summed E-state index contributed by atoms with van der Waals surface area (Å²) in [6, 6.07) is -0.605. The molecule has 0 heterocycles. The summed E-state index contributed by atoms with van der Waals surface area (Å²) >= 11 is 3.30. The molecule has 0 unspecified atom stereocenters. The van der Waals surface area contributed by atoms with Gasteiger partial charge in [-0.3, -0.25) is 9.59 Å². The number of carbonyl (C=O) groups is 3. The Labute approximate surface area is 171 Å². The summed E-state index contributed by atoms with van der Waals surface area (Å²) < 4.78 is 9.98. The standard InChI is InChI=1S/C18H34N2O5S2/c1-18(2,3)25-17(23)20-13(7-9-26-5)11-15(21)19-14(8-10-27-6)12-16(22)24-4/h13-14H,7-12H2,1-6H3,(H,19,21)(H,20,23)/t13-,14-/m0/s1. The monoisotopic (exact) mass is 422 g/mol. The van der Waals surface area contributed by atoms with Gasteiger partial charge in [-0.2, -0.15) is 23.5 Å². The van der Waals surface area contributed by atoms with Gasteiger partial charge >= 0.3 is 12.1 Å². The Kier molecular flexibility index (Phi) is 13.4. The van der Waals surface area contributed by atoms with Gasteiger partial charge in [0.05, 0.1) is 13.5 Å². The number of rotatable bonds is 12. The molecular weight excluding hydrogens is 388 g/mol. The van der Waals surface area contributed by atoms with Gasteiger partial charge in [-0.15, -0.1) is 0 Å². The van der Waals surface area contributed by atoms with Crippen molar-refractivity contribution in [2.45, 2.75) is 64.1 Å². The first kappa shape index (κ1) is 25.9. The summed E-state index contributed by atoms with van der Waals surface area (Å²) in [6.07, 6.45) is 5.01. The summed E-state index contributed by atoms with van der Waals surface area (Å²) in [5.74, 6) is 1.08. The summed E-state index contributed by atoms with van der Waals surface area (Å²) in [4.78, 5) is 36.0. The maximum absolute atomic E-state index is 12.5. The number of ether oxygens (including phenoxy) is 2. The van der Waals surface area contributed by atoms with Crippen LogP contribution < -0.4 is 10.6 Å². The number of alkyl carbamates (subject to hydrolysis) is 1. The van der Waals surface area contributed by atoms with Gasteiger partial charge in [0.1, 0.15) is 5.60 Å². The highest BCUT2D eigenvalue weighted by Crippen LogP contribution is 2.11. The average molecular weight is 423 g/mol. The lowest BCUT2D eigenvalue weighted by Crippen LogP contribution is -2.44. The molecule has 2 amide bonds. The molecule has 0 saturated heterocycles. The fourth-order valence-electron chi connectivity index (χ4n) is 2.24. The molecule has 0 aliphatic carbocycles. The molecule has 158 valence electrons. The molecule has 2 N–H and O–H groups in total. The van der Waals surface area contributed by atoms with E-state index >= 15 is 0 Å². The molecule has 27 heavy (non-hydrogen) atoms. The second-order valence-corrected chi connectivity index (χ2v) is 9.13. The van der Waals surface area contributed by atoms with Gasteiger partial charge in [0.2, 0.25) is 5.91 Å². The van der Waals surface area contributed by atoms with E-state index in [-0.39, 0.29) is 36.8 Å². The first-order chi connectivity index (χ1) is 12.6. The van der Waals surface area contributed by atoms with Crippen molar-refractivity contribution in [1.29, 1.82) is 0 Å². The topological polar surface area (TPSA) is 93.7 Å². The Balaban J connectivity index is 4.77. The van der Waals surface area contributed by atoms with Crippen LogP contribution in [0.15, 0.2) is 0 Å². The molecule has 2 atom stereocenters. The van der Waals surface area contributed by atoms with Gasteiger partial charge in [0.15, 0.2) is 0 Å². The predicted octanol–water partition coefficient (Wildman–Crippen LogP) is 2.82. The normalized spacial score (nSPS) is 13.4. The average Bonchev–Trinajstić information content (AvgIpc) is 2.55. The summed E-state index contributed by atoms with van der Waals surface area (Å²) in [7, 11) is 1.33. The first-order valence-electron chi connectivity index (χ1n) is 8.94. The molecule has 0 bridgehead atoms. The molecule has 7 nitrogen and oxygen atoms in total. The van der Waals surface area contributed by atoms with Crippen LogP contribution in [0.25, 0.3) is 0 Å². The van der Waals surface area contributed by atoms with E-state index in [1.165, 1.54) is 7.11 Å². The molecule has 0 aromatic carbocycles. The molecule has 0 spiro atoms. The zero-order valence-corrected chi connectivity index (χ0v) is 18.9. The van der Waals surface area contributed by atoms with Crippen molar-refractivity contribution in [2.24, 2.45) is 0 Å². The molecule has 0 aliphatic heterocycles. The Morgan fingerprint density at radius 1 is 0.926 bits per heavy atom. The zero-order chi connectivity index (χ0) is 20.9. The Morgan fingerprint density at radius 2 is 1.44 bits per heavy atom. The molecule has 0 radical (unpaired) electrons. The van der Waals surface area contributed by atoms with Crippen molar-refractivity contribution < 1.29 is 23.9 Å². The third kappa shape index (κ3) is 14.6. The van der Waals surface area contributed by atoms with E-state index in [0.717, 1.165) is 11.5 Å². The summed E-state index contributed by atoms with van der Waals surface area (Å²) in [6.45, 7) is 5.37. The maximum atomic E-state index is 12.5. The molecule has 9 heteroatoms. The minimum absolute atomic E-state index is 0.136. The third-order valence-electron chi connectivity index (χ3n) is 3.50. The number of thioether (sulfide) groups is 2. The lowest BCUT2D eigenvalue weighted by atomic mass is 10.1. The largest absolute Gasteiger partial charge is 0.469 e. The van der Waals surface area contributed by atoms with Gasteiger partial charge in [-0.05, 0) is 57.6 Å². The quantitative estimate of drug-likeness (QED) is 0.467. The minimum Gasteiger partial charge on any atom is -0.469 e. The molecule has 0 aromatic heterocycles. The fraction of sp³-hybridized carbons (Fsp3) is 0.833. The van der Waals surface area contributed by atoms with E-state index in [1.54, 1.807) is 44.3 Å². The maximum Gasteiger partial charge on any atom is 0.407 e. The Hall–Kier alpha value is -1.09. The van der Waals surface area contributed by atoms with Gasteiger partial charge < -0.3 is 20.1 Å². The van der Waals surface area contributed by atoms with Gasteiger partial charge in [-0.25, -0.2) is 4.79 Å². The smallest absolute Gasteiger partial charge is 0.407 e. The van der Waals surface area contributed by atoms with Crippen LogP contribution in [0.2, 0.25) is 0 Å². The van der Waals surface area contributed by atoms with Crippen LogP contribution in [-0.2, 0) is 19.1 Å². The lowest BCUT2D eigenvalue weighted by molar-refractivity contribution is -0.141. The van der Waals surface area contributed by atoms with Crippen LogP contribution >= 0.6 is 23.5 Å². The molecule has 0 aliphatic rings. The van der Waals surface area contributed by atoms with Crippen molar-refractivity contribution in [3.63, 3.8) is 0 Å². The molecule has 0 rings (SSSR count). The highest BCUT2D eigenvalue weighted by molar-refractivity contribution is 7.98. The van der Waals surface area contributed by atoms with Crippen LogP contribution in [-0.4, -0.2) is 66.8 Å². The van der Waals surface area contributed by atoms with Gasteiger partial charge in [0.25, 0.3) is 0 Å². The van der Waals surface area contributed by atoms with Crippen molar-refractivity contribution in [2.75, 3.05) is 31.1 Å². The minimum atomic E-state index is -0.597. The van der Waals surface area contributed by atoms with Gasteiger partial charge in [-0.1, -0.05) is 0 Å². The third-order valence-corrected chi connectivity index (χ3v) is 4.79. The predicted molar refractivity (Wildman–Crippen MR) is 112 cm³/mol. The number of nitrogens with one attached hydrogen (secondary N) is 2. The molecular formula is C18H34N2O5S2. The number of hydrogen-bond donors (Lipinski definition) is 2. The fourth-order valence-corrected chi connectivity index (χ4v) is 3.28. The number of methoxy groups -OCH3 is 1. The van der Waals surface area contributed by atoms with Crippen LogP contribution in [0.5, 0.6) is 0 Å². The first-order valence-corrected chi connectivity index (χ1v) is 11.7. The highest BCUT2D eigenvalue weighted by Gasteiger charge is 2.23. The number of hydrogen-bond acceptors (Lipinski definition) is 7. The van der Waals surface area contributed by atoms with Crippen LogP contribution in [0.1, 0.15) is 46.5 Å². The van der Waals surface area contributed by atoms with E-state index in [4.69, 9.17) is 9.47 Å². The second-order valence-electron chi connectivity index (χ2n) is 7.15. The van der Waals surface area contributed by atoms with E-state index in [9.17, 15) is 14.4 Å². The highest BCUT2D eigenvalue weighted by atomic mass is 32.2. The summed E-state index contributed by atoms with van der Waals surface area (Å²) in [5, 5.41) is 5.67. The molecule has 0 saturated carbocycles. The summed E-state index contributed by atoms with van der Waals surface area (Å²) in [5.41, 5.74) is -0.597. The number of carbonyl (C=O) groups excluding carboxylic acids is 3. The van der Waals surface area contributed by atoms with E-state index < -0.39 is 11.7 Å². The van der Waals surface area contributed by atoms with Crippen LogP contribution in [0, 0.1) is 0 Å². The number of esters is 1. The van der Waals surface area contributed by atoms with Crippen molar-refractivity contribution >= 4 is 41.5 Å². The van der Waals surface area contributed by atoms with Gasteiger partial charge in [0, 0.05) is 18.5 Å². The lowest BCUT2D eigenvalue weighted by Gasteiger charge is -2.24. The Morgan fingerprint density at radius 3 is 1.89 bits per heavy atom. The van der Waals surface area contributed by atoms with E-state index in [2.05, 4.69) is 10.6 Å². The second kappa shape index (κ2) is 14.0. The van der Waals surface area contributed by atoms with Crippen molar-refractivity contribution in [3.8, 4) is 0 Å².